The predicted octanol–water partition coefficient (Wildman–Crippen LogP) is 5.25. The van der Waals surface area contributed by atoms with Crippen LogP contribution in [0.3, 0.4) is 0 Å². The molecule has 1 heterocycles. The fourth-order valence-corrected chi connectivity index (χ4v) is 2.45. The maximum absolute atomic E-state index is 5.93. The van der Waals surface area contributed by atoms with E-state index in [1.807, 2.05) is 37.3 Å². The summed E-state index contributed by atoms with van der Waals surface area (Å²) in [6.07, 6.45) is 0.842. The Hall–Kier alpha value is -1.06. The number of pyridine rings is 1. The first-order valence-electron chi connectivity index (χ1n) is 6.12. The summed E-state index contributed by atoms with van der Waals surface area (Å²) in [6.45, 7) is 4.05. The Labute approximate surface area is 126 Å². The molecule has 0 saturated carbocycles. The lowest BCUT2D eigenvalue weighted by Gasteiger charge is -2.12. The zero-order valence-electron chi connectivity index (χ0n) is 10.9. The standard InChI is InChI=1S/C15H15BrClNO/c1-3-13-15(6-4-10(2)18-13)19-14-7-5-11(9-17)8-12(14)16/h4-8H,3,9H2,1-2H3. The van der Waals surface area contributed by atoms with E-state index in [1.54, 1.807) is 0 Å². The monoisotopic (exact) mass is 339 g/mol. The van der Waals surface area contributed by atoms with Crippen LogP contribution in [0.4, 0.5) is 0 Å². The Kier molecular flexibility index (Phi) is 4.83. The smallest absolute Gasteiger partial charge is 0.148 e. The highest BCUT2D eigenvalue weighted by molar-refractivity contribution is 9.10. The molecular formula is C15H15BrClNO. The SMILES string of the molecule is CCc1nc(C)ccc1Oc1ccc(CCl)cc1Br. The van der Waals surface area contributed by atoms with Crippen molar-refractivity contribution in [2.45, 2.75) is 26.1 Å². The van der Waals surface area contributed by atoms with Gasteiger partial charge in [-0.15, -0.1) is 11.6 Å². The van der Waals surface area contributed by atoms with Gasteiger partial charge in [0.25, 0.3) is 0 Å². The molecule has 0 saturated heterocycles. The Bertz CT molecular complexity index is 586. The van der Waals surface area contributed by atoms with Crippen molar-refractivity contribution in [1.29, 1.82) is 0 Å². The molecule has 0 fully saturated rings. The second-order valence-corrected chi connectivity index (χ2v) is 5.37. The molecule has 0 atom stereocenters. The second kappa shape index (κ2) is 6.40. The van der Waals surface area contributed by atoms with E-state index in [-0.39, 0.29) is 0 Å². The lowest BCUT2D eigenvalue weighted by atomic mass is 10.2. The topological polar surface area (TPSA) is 22.1 Å². The lowest BCUT2D eigenvalue weighted by Crippen LogP contribution is -1.96. The van der Waals surface area contributed by atoms with Crippen LogP contribution in [0.25, 0.3) is 0 Å². The number of hydrogen-bond donors (Lipinski definition) is 0. The average Bonchev–Trinajstić information content (AvgIpc) is 2.42. The molecule has 0 aliphatic heterocycles. The summed E-state index contributed by atoms with van der Waals surface area (Å²) in [5, 5.41) is 0. The normalized spacial score (nSPS) is 10.5. The van der Waals surface area contributed by atoms with Crippen molar-refractivity contribution in [3.8, 4) is 11.5 Å². The maximum atomic E-state index is 5.93. The van der Waals surface area contributed by atoms with E-state index in [9.17, 15) is 0 Å². The Morgan fingerprint density at radius 1 is 1.21 bits per heavy atom. The number of rotatable bonds is 4. The van der Waals surface area contributed by atoms with Crippen molar-refractivity contribution in [3.05, 3.63) is 51.8 Å². The average molecular weight is 341 g/mol. The summed E-state index contributed by atoms with van der Waals surface area (Å²) in [5.74, 6) is 2.06. The third-order valence-electron chi connectivity index (χ3n) is 2.78. The zero-order valence-corrected chi connectivity index (χ0v) is 13.3. The Balaban J connectivity index is 2.31. The van der Waals surface area contributed by atoms with Gasteiger partial charge in [-0.1, -0.05) is 13.0 Å². The third-order valence-corrected chi connectivity index (χ3v) is 3.71. The predicted molar refractivity (Wildman–Crippen MR) is 82.1 cm³/mol. The number of nitrogens with zero attached hydrogens (tertiary/aromatic N) is 1. The molecule has 0 aliphatic carbocycles. The maximum Gasteiger partial charge on any atom is 0.148 e. The van der Waals surface area contributed by atoms with Crippen LogP contribution in [0.2, 0.25) is 0 Å². The minimum Gasteiger partial charge on any atom is -0.454 e. The number of benzene rings is 1. The minimum atomic E-state index is 0.491. The van der Waals surface area contributed by atoms with Crippen molar-refractivity contribution < 1.29 is 4.74 Å². The van der Waals surface area contributed by atoms with E-state index < -0.39 is 0 Å². The molecule has 0 N–H and O–H groups in total. The number of hydrogen-bond acceptors (Lipinski definition) is 2. The van der Waals surface area contributed by atoms with Crippen LogP contribution in [0.15, 0.2) is 34.8 Å². The number of aromatic nitrogens is 1. The molecule has 1 aromatic carbocycles. The van der Waals surface area contributed by atoms with Gasteiger partial charge in [0.1, 0.15) is 11.5 Å². The van der Waals surface area contributed by atoms with Gasteiger partial charge < -0.3 is 4.74 Å². The highest BCUT2D eigenvalue weighted by atomic mass is 79.9. The molecule has 4 heteroatoms. The van der Waals surface area contributed by atoms with E-state index >= 15 is 0 Å². The third kappa shape index (κ3) is 3.48. The second-order valence-electron chi connectivity index (χ2n) is 4.25. The molecule has 100 valence electrons. The van der Waals surface area contributed by atoms with Gasteiger partial charge in [-0.05, 0) is 59.1 Å². The summed E-state index contributed by atoms with van der Waals surface area (Å²) in [5.41, 5.74) is 3.02. The van der Waals surface area contributed by atoms with Crippen LogP contribution >= 0.6 is 27.5 Å². The number of ether oxygens (including phenoxy) is 1. The van der Waals surface area contributed by atoms with Crippen molar-refractivity contribution in [2.24, 2.45) is 0 Å². The van der Waals surface area contributed by atoms with Crippen LogP contribution < -0.4 is 4.74 Å². The molecular weight excluding hydrogens is 326 g/mol. The molecule has 0 amide bonds. The molecule has 0 unspecified atom stereocenters. The summed E-state index contributed by atoms with van der Waals surface area (Å²) >= 11 is 9.31. The zero-order chi connectivity index (χ0) is 13.8. The van der Waals surface area contributed by atoms with E-state index in [2.05, 4.69) is 27.8 Å². The molecule has 0 bridgehead atoms. The van der Waals surface area contributed by atoms with Crippen LogP contribution in [0.5, 0.6) is 11.5 Å². The molecule has 0 aliphatic rings. The van der Waals surface area contributed by atoms with Crippen LogP contribution in [-0.4, -0.2) is 4.98 Å². The number of aryl methyl sites for hydroxylation is 2. The molecule has 2 aromatic rings. The molecule has 0 spiro atoms. The van der Waals surface area contributed by atoms with Gasteiger partial charge in [0.05, 0.1) is 10.2 Å². The van der Waals surface area contributed by atoms with Crippen LogP contribution in [-0.2, 0) is 12.3 Å². The summed E-state index contributed by atoms with van der Waals surface area (Å²) in [6, 6.07) is 9.76. The molecule has 2 rings (SSSR count). The van der Waals surface area contributed by atoms with Gasteiger partial charge in [-0.2, -0.15) is 0 Å². The quantitative estimate of drug-likeness (QED) is 0.710. The van der Waals surface area contributed by atoms with E-state index in [4.69, 9.17) is 16.3 Å². The van der Waals surface area contributed by atoms with Crippen molar-refractivity contribution in [1.82, 2.24) is 4.98 Å². The summed E-state index contributed by atoms with van der Waals surface area (Å²) in [4.78, 5) is 4.49. The molecule has 19 heavy (non-hydrogen) atoms. The van der Waals surface area contributed by atoms with Gasteiger partial charge in [0, 0.05) is 11.6 Å². The fraction of sp³-hybridized carbons (Fsp3) is 0.267. The van der Waals surface area contributed by atoms with E-state index in [0.717, 1.165) is 39.3 Å². The Morgan fingerprint density at radius 3 is 2.58 bits per heavy atom. The summed E-state index contributed by atoms with van der Waals surface area (Å²) < 4.78 is 6.83. The highest BCUT2D eigenvalue weighted by Crippen LogP contribution is 2.32. The Morgan fingerprint density at radius 2 is 1.95 bits per heavy atom. The summed E-state index contributed by atoms with van der Waals surface area (Å²) in [7, 11) is 0. The van der Waals surface area contributed by atoms with Gasteiger partial charge in [0.2, 0.25) is 0 Å². The first-order valence-corrected chi connectivity index (χ1v) is 7.45. The van der Waals surface area contributed by atoms with Crippen LogP contribution in [0.1, 0.15) is 23.9 Å². The lowest BCUT2D eigenvalue weighted by molar-refractivity contribution is 0.469. The van der Waals surface area contributed by atoms with Crippen molar-refractivity contribution >= 4 is 27.5 Å². The number of halogens is 2. The molecule has 1 aromatic heterocycles. The first-order chi connectivity index (χ1) is 9.13. The highest BCUT2D eigenvalue weighted by Gasteiger charge is 2.08. The van der Waals surface area contributed by atoms with Gasteiger partial charge in [-0.25, -0.2) is 0 Å². The van der Waals surface area contributed by atoms with Crippen LogP contribution in [0, 0.1) is 6.92 Å². The van der Waals surface area contributed by atoms with Gasteiger partial charge in [0.15, 0.2) is 0 Å². The van der Waals surface area contributed by atoms with E-state index in [0.29, 0.717) is 5.88 Å². The van der Waals surface area contributed by atoms with Gasteiger partial charge >= 0.3 is 0 Å². The number of alkyl halides is 1. The largest absolute Gasteiger partial charge is 0.454 e. The first kappa shape index (κ1) is 14.4. The molecule has 2 nitrogen and oxygen atoms in total. The van der Waals surface area contributed by atoms with E-state index in [1.165, 1.54) is 0 Å². The van der Waals surface area contributed by atoms with Gasteiger partial charge in [-0.3, -0.25) is 4.98 Å². The minimum absolute atomic E-state index is 0.491. The van der Waals surface area contributed by atoms with Crippen molar-refractivity contribution in [2.75, 3.05) is 0 Å². The fourth-order valence-electron chi connectivity index (χ4n) is 1.77. The van der Waals surface area contributed by atoms with Crippen molar-refractivity contribution in [3.63, 3.8) is 0 Å². The molecule has 0 radical (unpaired) electrons.